The fourth-order valence-electron chi connectivity index (χ4n) is 1.55. The quantitative estimate of drug-likeness (QED) is 0.912. The van der Waals surface area contributed by atoms with Gasteiger partial charge in [-0.1, -0.05) is 29.3 Å². The van der Waals surface area contributed by atoms with E-state index in [0.717, 1.165) is 6.07 Å². The van der Waals surface area contributed by atoms with E-state index in [4.69, 9.17) is 23.2 Å². The van der Waals surface area contributed by atoms with Crippen LogP contribution in [0.25, 0.3) is 0 Å². The number of sulfonamides is 1. The average molecular weight is 334 g/mol. The van der Waals surface area contributed by atoms with Crippen molar-refractivity contribution in [2.45, 2.75) is 11.8 Å². The van der Waals surface area contributed by atoms with E-state index in [9.17, 15) is 12.8 Å². The van der Waals surface area contributed by atoms with Gasteiger partial charge in [0.2, 0.25) is 0 Å². The average Bonchev–Trinajstić information content (AvgIpc) is 2.36. The van der Waals surface area contributed by atoms with Gasteiger partial charge in [0, 0.05) is 5.02 Å². The molecule has 0 fully saturated rings. The second kappa shape index (κ2) is 5.60. The van der Waals surface area contributed by atoms with Crippen molar-refractivity contribution >= 4 is 38.9 Å². The Hall–Kier alpha value is -1.30. The molecule has 2 aromatic carbocycles. The van der Waals surface area contributed by atoms with E-state index < -0.39 is 15.8 Å². The Morgan fingerprint density at radius 2 is 1.80 bits per heavy atom. The minimum Gasteiger partial charge on any atom is -0.279 e. The van der Waals surface area contributed by atoms with Gasteiger partial charge in [-0.3, -0.25) is 4.72 Å². The summed E-state index contributed by atoms with van der Waals surface area (Å²) in [4.78, 5) is -0.160. The van der Waals surface area contributed by atoms with Crippen LogP contribution in [-0.2, 0) is 10.0 Å². The predicted octanol–water partition coefficient (Wildman–Crippen LogP) is 4.24. The fraction of sp³-hybridized carbons (Fsp3) is 0.0769. The summed E-state index contributed by atoms with van der Waals surface area (Å²) in [6.07, 6.45) is 0. The molecule has 106 valence electrons. The van der Waals surface area contributed by atoms with E-state index in [1.807, 2.05) is 0 Å². The molecule has 0 aliphatic carbocycles. The Kier molecular flexibility index (Phi) is 4.22. The summed E-state index contributed by atoms with van der Waals surface area (Å²) in [5, 5.41) is 0.277. The summed E-state index contributed by atoms with van der Waals surface area (Å²) in [6.45, 7) is 1.58. The lowest BCUT2D eigenvalue weighted by Gasteiger charge is -2.10. The number of benzene rings is 2. The summed E-state index contributed by atoms with van der Waals surface area (Å²) < 4.78 is 40.1. The summed E-state index contributed by atoms with van der Waals surface area (Å²) in [5.41, 5.74) is 0.540. The number of aryl methyl sites for hydroxylation is 1. The highest BCUT2D eigenvalue weighted by Crippen LogP contribution is 2.27. The molecule has 0 saturated heterocycles. The third-order valence-corrected chi connectivity index (χ3v) is 4.70. The third-order valence-electron chi connectivity index (χ3n) is 2.61. The standard InChI is InChI=1S/C13H10Cl2FNO2S/c1-8-2-4-10(7-12(8)16)17-20(18,19)13-6-9(14)3-5-11(13)15/h2-7,17H,1H3. The first-order chi connectivity index (χ1) is 9.29. The van der Waals surface area contributed by atoms with Gasteiger partial charge in [-0.2, -0.15) is 0 Å². The predicted molar refractivity (Wildman–Crippen MR) is 78.4 cm³/mol. The smallest absolute Gasteiger partial charge is 0.263 e. The first kappa shape index (κ1) is 15.1. The van der Waals surface area contributed by atoms with Crippen LogP contribution in [0.3, 0.4) is 0 Å². The second-order valence-electron chi connectivity index (χ2n) is 4.14. The van der Waals surface area contributed by atoms with E-state index in [1.54, 1.807) is 6.92 Å². The number of rotatable bonds is 3. The van der Waals surface area contributed by atoms with E-state index in [0.29, 0.717) is 5.56 Å². The van der Waals surface area contributed by atoms with Gasteiger partial charge in [0.15, 0.2) is 0 Å². The molecule has 0 radical (unpaired) electrons. The molecule has 0 saturated carbocycles. The monoisotopic (exact) mass is 333 g/mol. The Morgan fingerprint density at radius 1 is 1.10 bits per heavy atom. The minimum atomic E-state index is -3.93. The third kappa shape index (κ3) is 3.23. The molecule has 1 N–H and O–H groups in total. The van der Waals surface area contributed by atoms with Gasteiger partial charge < -0.3 is 0 Å². The van der Waals surface area contributed by atoms with Crippen molar-refractivity contribution in [2.24, 2.45) is 0 Å². The molecule has 0 heterocycles. The van der Waals surface area contributed by atoms with Crippen LogP contribution in [0.1, 0.15) is 5.56 Å². The van der Waals surface area contributed by atoms with E-state index >= 15 is 0 Å². The summed E-state index contributed by atoms with van der Waals surface area (Å²) in [7, 11) is -3.93. The maximum Gasteiger partial charge on any atom is 0.263 e. The fourth-order valence-corrected chi connectivity index (χ4v) is 3.36. The summed E-state index contributed by atoms with van der Waals surface area (Å²) >= 11 is 11.6. The Balaban J connectivity index is 2.40. The molecule has 0 bridgehead atoms. The van der Waals surface area contributed by atoms with Crippen LogP contribution in [0.5, 0.6) is 0 Å². The zero-order chi connectivity index (χ0) is 14.9. The molecule has 3 nitrogen and oxygen atoms in total. The normalized spacial score (nSPS) is 11.4. The molecular weight excluding hydrogens is 324 g/mol. The SMILES string of the molecule is Cc1ccc(NS(=O)(=O)c2cc(Cl)ccc2Cl)cc1F. The maximum absolute atomic E-state index is 13.4. The molecule has 2 rings (SSSR count). The van der Waals surface area contributed by atoms with Crippen LogP contribution in [0, 0.1) is 12.7 Å². The molecule has 0 aliphatic rings. The highest BCUT2D eigenvalue weighted by molar-refractivity contribution is 7.92. The topological polar surface area (TPSA) is 46.2 Å². The van der Waals surface area contributed by atoms with Gasteiger partial charge in [-0.15, -0.1) is 0 Å². The van der Waals surface area contributed by atoms with Crippen molar-refractivity contribution in [3.8, 4) is 0 Å². The number of nitrogens with one attached hydrogen (secondary N) is 1. The zero-order valence-corrected chi connectivity index (χ0v) is 12.7. The zero-order valence-electron chi connectivity index (χ0n) is 10.3. The number of hydrogen-bond donors (Lipinski definition) is 1. The van der Waals surface area contributed by atoms with Gasteiger partial charge >= 0.3 is 0 Å². The van der Waals surface area contributed by atoms with Crippen molar-refractivity contribution in [3.63, 3.8) is 0 Å². The van der Waals surface area contributed by atoms with Crippen LogP contribution in [-0.4, -0.2) is 8.42 Å². The maximum atomic E-state index is 13.4. The summed E-state index contributed by atoms with van der Waals surface area (Å²) in [6, 6.07) is 8.14. The van der Waals surface area contributed by atoms with E-state index in [-0.39, 0.29) is 20.6 Å². The molecule has 0 aliphatic heterocycles. The molecule has 0 atom stereocenters. The van der Waals surface area contributed by atoms with Crippen molar-refractivity contribution in [1.29, 1.82) is 0 Å². The molecule has 2 aromatic rings. The number of hydrogen-bond acceptors (Lipinski definition) is 2. The van der Waals surface area contributed by atoms with E-state index in [1.165, 1.54) is 30.3 Å². The molecule has 0 aromatic heterocycles. The lowest BCUT2D eigenvalue weighted by molar-refractivity contribution is 0.601. The van der Waals surface area contributed by atoms with Crippen molar-refractivity contribution in [3.05, 3.63) is 57.8 Å². The van der Waals surface area contributed by atoms with Gasteiger partial charge in [-0.25, -0.2) is 12.8 Å². The van der Waals surface area contributed by atoms with Crippen LogP contribution in [0.15, 0.2) is 41.3 Å². The molecule has 0 spiro atoms. The molecule has 20 heavy (non-hydrogen) atoms. The van der Waals surface area contributed by atoms with Crippen LogP contribution in [0.2, 0.25) is 10.0 Å². The van der Waals surface area contributed by atoms with Crippen molar-refractivity contribution < 1.29 is 12.8 Å². The molecule has 0 unspecified atom stereocenters. The molecule has 0 amide bonds. The van der Waals surface area contributed by atoms with Crippen molar-refractivity contribution in [1.82, 2.24) is 0 Å². The summed E-state index contributed by atoms with van der Waals surface area (Å²) in [5.74, 6) is -0.498. The molecule has 7 heteroatoms. The Labute approximate surface area is 126 Å². The largest absolute Gasteiger partial charge is 0.279 e. The number of anilines is 1. The second-order valence-corrected chi connectivity index (χ2v) is 6.64. The number of halogens is 3. The lowest BCUT2D eigenvalue weighted by atomic mass is 10.2. The van der Waals surface area contributed by atoms with Crippen LogP contribution < -0.4 is 4.72 Å². The lowest BCUT2D eigenvalue weighted by Crippen LogP contribution is -2.13. The van der Waals surface area contributed by atoms with Gasteiger partial charge in [0.1, 0.15) is 10.7 Å². The Bertz CT molecular complexity index is 763. The highest BCUT2D eigenvalue weighted by Gasteiger charge is 2.19. The van der Waals surface area contributed by atoms with Gasteiger partial charge in [0.05, 0.1) is 10.7 Å². The highest BCUT2D eigenvalue weighted by atomic mass is 35.5. The van der Waals surface area contributed by atoms with Crippen molar-refractivity contribution in [2.75, 3.05) is 4.72 Å². The van der Waals surface area contributed by atoms with Crippen LogP contribution >= 0.6 is 23.2 Å². The Morgan fingerprint density at radius 3 is 2.45 bits per heavy atom. The first-order valence-electron chi connectivity index (χ1n) is 5.53. The van der Waals surface area contributed by atoms with Crippen LogP contribution in [0.4, 0.5) is 10.1 Å². The molecular formula is C13H10Cl2FNO2S. The van der Waals surface area contributed by atoms with Gasteiger partial charge in [0.25, 0.3) is 10.0 Å². The minimum absolute atomic E-state index is 0.0366. The van der Waals surface area contributed by atoms with E-state index in [2.05, 4.69) is 4.72 Å². The first-order valence-corrected chi connectivity index (χ1v) is 7.77. The van der Waals surface area contributed by atoms with Gasteiger partial charge in [-0.05, 0) is 42.8 Å².